The Morgan fingerprint density at radius 3 is 1.81 bits per heavy atom. The van der Waals surface area contributed by atoms with E-state index in [1.54, 1.807) is 40.2 Å². The van der Waals surface area contributed by atoms with Crippen LogP contribution in [0.3, 0.4) is 0 Å². The highest BCUT2D eigenvalue weighted by Gasteiger charge is 2.60. The number of hydrogen-bond donors (Lipinski definition) is 1. The quantitative estimate of drug-likeness (QED) is 0.419. The number of aliphatic hydroxyl groups is 1. The van der Waals surface area contributed by atoms with Crippen molar-refractivity contribution in [3.05, 3.63) is 25.3 Å². The Kier molecular flexibility index (Phi) is 8.45. The highest BCUT2D eigenvalue weighted by Crippen LogP contribution is 2.43. The first-order chi connectivity index (χ1) is 16.7. The van der Waals surface area contributed by atoms with Gasteiger partial charge in [0.15, 0.2) is 24.0 Å². The molecule has 9 atom stereocenters. The number of aliphatic hydroxyl groups excluding tert-OH is 1. The van der Waals surface area contributed by atoms with Crippen LogP contribution in [-0.2, 0) is 42.7 Å². The van der Waals surface area contributed by atoms with Crippen LogP contribution < -0.4 is 0 Å². The van der Waals surface area contributed by atoms with E-state index >= 15 is 0 Å². The van der Waals surface area contributed by atoms with Crippen molar-refractivity contribution in [1.82, 2.24) is 0 Å². The van der Waals surface area contributed by atoms with Crippen LogP contribution in [0.25, 0.3) is 0 Å². The molecule has 4 rings (SSSR count). The van der Waals surface area contributed by atoms with Crippen LogP contribution in [0.4, 0.5) is 0 Å². The van der Waals surface area contributed by atoms with Crippen molar-refractivity contribution in [2.24, 2.45) is 0 Å². The summed E-state index contributed by atoms with van der Waals surface area (Å²) in [6.45, 7) is 18.3. The second-order valence-corrected chi connectivity index (χ2v) is 10.9. The van der Waals surface area contributed by atoms with Crippen molar-refractivity contribution in [3.8, 4) is 0 Å². The number of hydrogen-bond acceptors (Lipinski definition) is 10. The molecule has 1 unspecified atom stereocenters. The first-order valence-electron chi connectivity index (χ1n) is 12.2. The van der Waals surface area contributed by atoms with Gasteiger partial charge < -0.3 is 43.0 Å². The lowest BCUT2D eigenvalue weighted by molar-refractivity contribution is -0.297. The number of methoxy groups -OCH3 is 2. The number of carbonyl (C=O) groups is 1. The molecular weight excluding hydrogens is 472 g/mol. The maximum Gasteiger partial charge on any atom is 0.338 e. The molecule has 0 spiro atoms. The molecule has 0 aromatic heterocycles. The minimum Gasteiger partial charge on any atom is -0.454 e. The van der Waals surface area contributed by atoms with Crippen molar-refractivity contribution < 1.29 is 47.8 Å². The van der Waals surface area contributed by atoms with E-state index in [9.17, 15) is 9.90 Å². The van der Waals surface area contributed by atoms with Gasteiger partial charge in [-0.1, -0.05) is 12.2 Å². The van der Waals surface area contributed by atoms with E-state index in [0.29, 0.717) is 12.8 Å². The Hall–Kier alpha value is -1.37. The van der Waals surface area contributed by atoms with Crippen LogP contribution in [0, 0.1) is 0 Å². The SMILES string of the molecule is C=CC[C@]1(C)OC(=O)[C@@H]2OC(C)(C)O[C@@H]2[C@H]1OC.C=CC[C@]1(C)OC(O)[C@@H]2OC(C)(C)O[C@@H]2[C@H]1OC. The summed E-state index contributed by atoms with van der Waals surface area (Å²) in [6, 6.07) is 0. The van der Waals surface area contributed by atoms with Crippen molar-refractivity contribution in [3.63, 3.8) is 0 Å². The average Bonchev–Trinajstić information content (AvgIpc) is 3.24. The number of carbonyl (C=O) groups excluding carboxylic acids is 1. The summed E-state index contributed by atoms with van der Waals surface area (Å²) in [5.74, 6) is -1.94. The Balaban J connectivity index is 0.000000201. The zero-order valence-electron chi connectivity index (χ0n) is 22.6. The molecule has 10 nitrogen and oxygen atoms in total. The Morgan fingerprint density at radius 2 is 1.25 bits per heavy atom. The van der Waals surface area contributed by atoms with Crippen LogP contribution in [0.15, 0.2) is 25.3 Å². The monoisotopic (exact) mass is 514 g/mol. The minimum atomic E-state index is -1.02. The topological polar surface area (TPSA) is 111 Å². The van der Waals surface area contributed by atoms with Gasteiger partial charge >= 0.3 is 5.97 Å². The van der Waals surface area contributed by atoms with Crippen molar-refractivity contribution >= 4 is 5.97 Å². The smallest absolute Gasteiger partial charge is 0.338 e. The maximum absolute atomic E-state index is 12.0. The predicted molar refractivity (Wildman–Crippen MR) is 129 cm³/mol. The molecule has 1 N–H and O–H groups in total. The van der Waals surface area contributed by atoms with Gasteiger partial charge in [-0.2, -0.15) is 0 Å². The van der Waals surface area contributed by atoms with E-state index in [-0.39, 0.29) is 18.3 Å². The van der Waals surface area contributed by atoms with Gasteiger partial charge in [-0.05, 0) is 48.0 Å². The predicted octanol–water partition coefficient (Wildman–Crippen LogP) is 2.62. The zero-order valence-corrected chi connectivity index (χ0v) is 22.6. The van der Waals surface area contributed by atoms with Crippen molar-refractivity contribution in [2.75, 3.05) is 14.2 Å². The average molecular weight is 515 g/mol. The fourth-order valence-corrected chi connectivity index (χ4v) is 5.58. The lowest BCUT2D eigenvalue weighted by atomic mass is 9.85. The van der Waals surface area contributed by atoms with E-state index < -0.39 is 53.3 Å². The van der Waals surface area contributed by atoms with Gasteiger partial charge in [0.05, 0.1) is 0 Å². The molecule has 36 heavy (non-hydrogen) atoms. The van der Waals surface area contributed by atoms with Crippen molar-refractivity contribution in [2.45, 2.75) is 120 Å². The van der Waals surface area contributed by atoms with Crippen LogP contribution in [0.2, 0.25) is 0 Å². The van der Waals surface area contributed by atoms with Crippen LogP contribution in [0.5, 0.6) is 0 Å². The normalized spacial score (nSPS) is 44.5. The fourth-order valence-electron chi connectivity index (χ4n) is 5.58. The van der Waals surface area contributed by atoms with Crippen LogP contribution in [-0.4, -0.2) is 91.0 Å². The highest BCUT2D eigenvalue weighted by molar-refractivity contribution is 5.77. The fraction of sp³-hybridized carbons (Fsp3) is 0.808. The van der Waals surface area contributed by atoms with E-state index in [1.165, 1.54) is 0 Å². The van der Waals surface area contributed by atoms with E-state index in [2.05, 4.69) is 13.2 Å². The first kappa shape index (κ1) is 29.2. The van der Waals surface area contributed by atoms with Crippen molar-refractivity contribution in [1.29, 1.82) is 0 Å². The summed E-state index contributed by atoms with van der Waals surface area (Å²) < 4.78 is 45.0. The summed E-state index contributed by atoms with van der Waals surface area (Å²) in [7, 11) is 3.19. The van der Waals surface area contributed by atoms with Gasteiger partial charge in [-0.15, -0.1) is 13.2 Å². The number of esters is 1. The summed E-state index contributed by atoms with van der Waals surface area (Å²) >= 11 is 0. The molecule has 0 radical (unpaired) electrons. The molecule has 4 saturated heterocycles. The van der Waals surface area contributed by atoms with E-state index in [4.69, 9.17) is 37.9 Å². The second-order valence-electron chi connectivity index (χ2n) is 10.9. The van der Waals surface area contributed by atoms with E-state index in [0.717, 1.165) is 0 Å². The molecule has 0 amide bonds. The third-order valence-electron chi connectivity index (χ3n) is 6.94. The minimum absolute atomic E-state index is 0.314. The molecule has 0 aliphatic carbocycles. The number of rotatable bonds is 6. The Bertz CT molecular complexity index is 828. The summed E-state index contributed by atoms with van der Waals surface area (Å²) in [5.41, 5.74) is -1.43. The van der Waals surface area contributed by atoms with Gasteiger partial charge in [0, 0.05) is 20.6 Å². The molecule has 206 valence electrons. The molecule has 4 aliphatic heterocycles. The summed E-state index contributed by atoms with van der Waals surface area (Å²) in [4.78, 5) is 12.0. The molecule has 10 heteroatoms. The molecule has 0 bridgehead atoms. The molecule has 0 aromatic carbocycles. The van der Waals surface area contributed by atoms with Gasteiger partial charge in [0.25, 0.3) is 0 Å². The molecule has 4 fully saturated rings. The number of cyclic esters (lactones) is 1. The third-order valence-corrected chi connectivity index (χ3v) is 6.94. The summed E-state index contributed by atoms with van der Waals surface area (Å²) in [6.07, 6.45) is 0.778. The summed E-state index contributed by atoms with van der Waals surface area (Å²) in [5, 5.41) is 10.1. The van der Waals surface area contributed by atoms with Gasteiger partial charge in [-0.25, -0.2) is 4.79 Å². The Labute approximate surface area is 213 Å². The molecular formula is C26H42O10. The lowest BCUT2D eigenvalue weighted by Crippen LogP contribution is -2.62. The van der Waals surface area contributed by atoms with Crippen LogP contribution >= 0.6 is 0 Å². The first-order valence-corrected chi connectivity index (χ1v) is 12.2. The second kappa shape index (κ2) is 10.4. The zero-order chi connectivity index (χ0) is 27.1. The van der Waals surface area contributed by atoms with Gasteiger partial charge in [0.1, 0.15) is 41.7 Å². The highest BCUT2D eigenvalue weighted by atomic mass is 16.8. The number of fused-ring (bicyclic) bond motifs is 2. The Morgan fingerprint density at radius 1 is 0.778 bits per heavy atom. The molecule has 0 aromatic rings. The standard InChI is InChI=1S/C13H22O5.C13H20O5/c2*1-6-7-13(4)10(15-5)8-9(11(14)18-13)17-12(2,3)16-8/h6,8-11,14H,1,7H2,2-5H3;6,8-10H,1,7H2,2-5H3/t8-,9+,10+,11?,13-;8-,9+,10+,13-/m00/s1. The third kappa shape index (κ3) is 5.56. The largest absolute Gasteiger partial charge is 0.454 e. The molecule has 4 heterocycles. The van der Waals surface area contributed by atoms with Gasteiger partial charge in [0.2, 0.25) is 0 Å². The molecule has 4 aliphatic rings. The maximum atomic E-state index is 12.0. The lowest BCUT2D eigenvalue weighted by Gasteiger charge is -2.46. The van der Waals surface area contributed by atoms with E-state index in [1.807, 2.05) is 27.7 Å². The molecule has 0 saturated carbocycles. The number of ether oxygens (including phenoxy) is 8. The van der Waals surface area contributed by atoms with Gasteiger partial charge in [-0.3, -0.25) is 0 Å². The van der Waals surface area contributed by atoms with Crippen LogP contribution in [0.1, 0.15) is 54.4 Å².